The SMILES string of the molecule is CC[C@@H](C(=O)NCCc1ccccc1)N(c1cc(Cl)ccc1OC)S(C)(=O)=O. The van der Waals surface area contributed by atoms with E-state index in [4.69, 9.17) is 16.3 Å². The van der Waals surface area contributed by atoms with E-state index in [1.54, 1.807) is 19.1 Å². The summed E-state index contributed by atoms with van der Waals surface area (Å²) in [4.78, 5) is 12.8. The van der Waals surface area contributed by atoms with E-state index in [-0.39, 0.29) is 11.6 Å². The molecule has 1 N–H and O–H groups in total. The molecular weight excluding hydrogens is 400 g/mol. The lowest BCUT2D eigenvalue weighted by Crippen LogP contribution is -2.49. The second kappa shape index (κ2) is 9.80. The van der Waals surface area contributed by atoms with Crippen molar-refractivity contribution in [1.29, 1.82) is 0 Å². The summed E-state index contributed by atoms with van der Waals surface area (Å²) in [5, 5.41) is 3.19. The molecule has 0 radical (unpaired) electrons. The Bertz CT molecular complexity index is 904. The lowest BCUT2D eigenvalue weighted by atomic mass is 10.1. The molecule has 1 amide bonds. The van der Waals surface area contributed by atoms with Crippen molar-refractivity contribution in [1.82, 2.24) is 5.32 Å². The van der Waals surface area contributed by atoms with Gasteiger partial charge in [-0.3, -0.25) is 9.10 Å². The van der Waals surface area contributed by atoms with Crippen molar-refractivity contribution in [3.8, 4) is 5.75 Å². The molecule has 0 spiro atoms. The van der Waals surface area contributed by atoms with E-state index in [0.29, 0.717) is 30.2 Å². The monoisotopic (exact) mass is 424 g/mol. The van der Waals surface area contributed by atoms with Crippen LogP contribution < -0.4 is 14.4 Å². The van der Waals surface area contributed by atoms with Gasteiger partial charge in [0.05, 0.1) is 19.1 Å². The molecule has 0 aromatic heterocycles. The Morgan fingerprint density at radius 2 is 1.89 bits per heavy atom. The third-order valence-electron chi connectivity index (χ3n) is 4.26. The van der Waals surface area contributed by atoms with Crippen LogP contribution in [0.5, 0.6) is 5.75 Å². The molecule has 2 rings (SSSR count). The number of ether oxygens (including phenoxy) is 1. The van der Waals surface area contributed by atoms with Crippen LogP contribution in [0.3, 0.4) is 0 Å². The summed E-state index contributed by atoms with van der Waals surface area (Å²) in [5.41, 5.74) is 1.33. The smallest absolute Gasteiger partial charge is 0.243 e. The van der Waals surface area contributed by atoms with Crippen molar-refractivity contribution in [3.63, 3.8) is 0 Å². The summed E-state index contributed by atoms with van der Waals surface area (Å²) in [6, 6.07) is 13.5. The van der Waals surface area contributed by atoms with Gasteiger partial charge < -0.3 is 10.1 Å². The van der Waals surface area contributed by atoms with Crippen molar-refractivity contribution in [2.75, 3.05) is 24.2 Å². The third-order valence-corrected chi connectivity index (χ3v) is 5.66. The number of hydrogen-bond donors (Lipinski definition) is 1. The van der Waals surface area contributed by atoms with E-state index in [1.165, 1.54) is 13.2 Å². The molecule has 0 aliphatic carbocycles. The summed E-state index contributed by atoms with van der Waals surface area (Å²) in [6.45, 7) is 2.17. The molecule has 6 nitrogen and oxygen atoms in total. The molecule has 0 aliphatic heterocycles. The predicted molar refractivity (Wildman–Crippen MR) is 113 cm³/mol. The van der Waals surface area contributed by atoms with Crippen LogP contribution in [0, 0.1) is 0 Å². The van der Waals surface area contributed by atoms with Gasteiger partial charge in [0, 0.05) is 11.6 Å². The van der Waals surface area contributed by atoms with Gasteiger partial charge in [0.15, 0.2) is 0 Å². The summed E-state index contributed by atoms with van der Waals surface area (Å²) in [6.07, 6.45) is 2.01. The first-order chi connectivity index (χ1) is 13.3. The topological polar surface area (TPSA) is 75.7 Å². The average Bonchev–Trinajstić information content (AvgIpc) is 2.65. The van der Waals surface area contributed by atoms with E-state index >= 15 is 0 Å². The van der Waals surface area contributed by atoms with Crippen LogP contribution in [0.25, 0.3) is 0 Å². The van der Waals surface area contributed by atoms with Crippen LogP contribution in [-0.4, -0.2) is 40.3 Å². The highest BCUT2D eigenvalue weighted by Crippen LogP contribution is 2.34. The molecule has 2 aromatic carbocycles. The first-order valence-corrected chi connectivity index (χ1v) is 11.1. The van der Waals surface area contributed by atoms with E-state index in [2.05, 4.69) is 5.32 Å². The molecule has 1 atom stereocenters. The molecule has 0 aliphatic rings. The maximum absolute atomic E-state index is 12.8. The van der Waals surface area contributed by atoms with E-state index in [1.807, 2.05) is 30.3 Å². The zero-order valence-electron chi connectivity index (χ0n) is 16.2. The molecular formula is C20H25ClN2O4S. The van der Waals surface area contributed by atoms with Gasteiger partial charge in [-0.25, -0.2) is 8.42 Å². The summed E-state index contributed by atoms with van der Waals surface area (Å²) in [5.74, 6) is -0.0451. The first-order valence-electron chi connectivity index (χ1n) is 8.92. The predicted octanol–water partition coefficient (Wildman–Crippen LogP) is 3.25. The van der Waals surface area contributed by atoms with Crippen LogP contribution in [0.15, 0.2) is 48.5 Å². The fraction of sp³-hybridized carbons (Fsp3) is 0.350. The van der Waals surface area contributed by atoms with Crippen molar-refractivity contribution in [3.05, 3.63) is 59.1 Å². The van der Waals surface area contributed by atoms with Gasteiger partial charge in [0.1, 0.15) is 11.8 Å². The number of hydrogen-bond acceptors (Lipinski definition) is 4. The van der Waals surface area contributed by atoms with Gasteiger partial charge in [-0.2, -0.15) is 0 Å². The highest BCUT2D eigenvalue weighted by Gasteiger charge is 2.33. The molecule has 0 fully saturated rings. The van der Waals surface area contributed by atoms with Crippen LogP contribution in [0.2, 0.25) is 5.02 Å². The molecule has 152 valence electrons. The van der Waals surface area contributed by atoms with Gasteiger partial charge >= 0.3 is 0 Å². The van der Waals surface area contributed by atoms with Gasteiger partial charge in [-0.15, -0.1) is 0 Å². The first kappa shape index (κ1) is 22.0. The number of carbonyl (C=O) groups excluding carboxylic acids is 1. The number of nitrogens with one attached hydrogen (secondary N) is 1. The summed E-state index contributed by atoms with van der Waals surface area (Å²) < 4.78 is 31.5. The number of methoxy groups -OCH3 is 1. The van der Waals surface area contributed by atoms with Crippen LogP contribution >= 0.6 is 11.6 Å². The minimum atomic E-state index is -3.77. The maximum atomic E-state index is 12.8. The summed E-state index contributed by atoms with van der Waals surface area (Å²) in [7, 11) is -2.33. The fourth-order valence-corrected chi connectivity index (χ4v) is 4.34. The molecule has 0 bridgehead atoms. The zero-order chi connectivity index (χ0) is 20.7. The Morgan fingerprint density at radius 1 is 1.21 bits per heavy atom. The second-order valence-corrected chi connectivity index (χ2v) is 8.62. The lowest BCUT2D eigenvalue weighted by Gasteiger charge is -2.31. The van der Waals surface area contributed by atoms with Crippen molar-refractivity contribution in [2.24, 2.45) is 0 Å². The molecule has 0 saturated carbocycles. The lowest BCUT2D eigenvalue weighted by molar-refractivity contribution is -0.122. The van der Waals surface area contributed by atoms with Crippen molar-refractivity contribution < 1.29 is 17.9 Å². The van der Waals surface area contributed by atoms with Gasteiger partial charge in [0.2, 0.25) is 15.9 Å². The van der Waals surface area contributed by atoms with Gasteiger partial charge in [-0.05, 0) is 36.6 Å². The van der Waals surface area contributed by atoms with E-state index in [9.17, 15) is 13.2 Å². The molecule has 8 heteroatoms. The van der Waals surface area contributed by atoms with Crippen molar-refractivity contribution >= 4 is 33.2 Å². The minimum Gasteiger partial charge on any atom is -0.495 e. The normalized spacial score (nSPS) is 12.3. The quantitative estimate of drug-likeness (QED) is 0.670. The highest BCUT2D eigenvalue weighted by atomic mass is 35.5. The molecule has 0 heterocycles. The minimum absolute atomic E-state index is 0.238. The number of sulfonamides is 1. The number of anilines is 1. The molecule has 28 heavy (non-hydrogen) atoms. The molecule has 2 aromatic rings. The van der Waals surface area contributed by atoms with Crippen LogP contribution in [-0.2, 0) is 21.2 Å². The fourth-order valence-electron chi connectivity index (χ4n) is 2.96. The maximum Gasteiger partial charge on any atom is 0.243 e. The van der Waals surface area contributed by atoms with Gasteiger partial charge in [-0.1, -0.05) is 48.9 Å². The Hall–Kier alpha value is -2.25. The average molecular weight is 425 g/mol. The molecule has 0 unspecified atom stereocenters. The number of halogens is 1. The largest absolute Gasteiger partial charge is 0.495 e. The number of nitrogens with zero attached hydrogens (tertiary/aromatic N) is 1. The standard InChI is InChI=1S/C20H25ClN2O4S/c1-4-17(20(24)22-13-12-15-8-6-5-7-9-15)23(28(3,25)26)18-14-16(21)10-11-19(18)27-2/h5-11,14,17H,4,12-13H2,1-3H3,(H,22,24)/t17-/m0/s1. The highest BCUT2D eigenvalue weighted by molar-refractivity contribution is 7.92. The van der Waals surface area contributed by atoms with Crippen LogP contribution in [0.4, 0.5) is 5.69 Å². The number of amides is 1. The summed E-state index contributed by atoms with van der Waals surface area (Å²) >= 11 is 6.07. The van der Waals surface area contributed by atoms with Crippen LogP contribution in [0.1, 0.15) is 18.9 Å². The Morgan fingerprint density at radius 3 is 2.46 bits per heavy atom. The van der Waals surface area contributed by atoms with E-state index < -0.39 is 16.1 Å². The third kappa shape index (κ3) is 5.62. The van der Waals surface area contributed by atoms with Crippen molar-refractivity contribution in [2.45, 2.75) is 25.8 Å². The number of rotatable bonds is 9. The Labute approximate surface area is 171 Å². The Balaban J connectivity index is 2.26. The van der Waals surface area contributed by atoms with Gasteiger partial charge in [0.25, 0.3) is 0 Å². The molecule has 0 saturated heterocycles. The van der Waals surface area contributed by atoms with E-state index in [0.717, 1.165) is 16.1 Å². The number of carbonyl (C=O) groups is 1. The number of benzene rings is 2. The second-order valence-electron chi connectivity index (χ2n) is 6.33. The Kier molecular flexibility index (Phi) is 7.71. The zero-order valence-corrected chi connectivity index (χ0v) is 17.8.